The highest BCUT2D eigenvalue weighted by atomic mass is 35.5. The third kappa shape index (κ3) is 3.89. The second-order valence-electron chi connectivity index (χ2n) is 10.3. The van der Waals surface area contributed by atoms with Crippen molar-refractivity contribution >= 4 is 17.7 Å². The lowest BCUT2D eigenvalue weighted by Gasteiger charge is -2.44. The van der Waals surface area contributed by atoms with E-state index in [-0.39, 0.29) is 23.7 Å². The molecule has 1 N–H and O–H groups in total. The molecule has 2 aliphatic carbocycles. The Hall–Kier alpha value is -2.24. The fourth-order valence-corrected chi connectivity index (χ4v) is 6.44. The number of carbonyl (C=O) groups is 1. The van der Waals surface area contributed by atoms with Crippen LogP contribution in [-0.2, 0) is 11.2 Å². The summed E-state index contributed by atoms with van der Waals surface area (Å²) < 4.78 is 11.4. The molecule has 1 saturated carbocycles. The van der Waals surface area contributed by atoms with Gasteiger partial charge in [0.05, 0.1) is 18.2 Å². The fourth-order valence-electron chi connectivity index (χ4n) is 6.24. The molecule has 2 aromatic rings. The first-order chi connectivity index (χ1) is 16.0. The summed E-state index contributed by atoms with van der Waals surface area (Å²) in [5.41, 5.74) is 4.98. The largest absolute Gasteiger partial charge is 0.495 e. The van der Waals surface area contributed by atoms with Crippen molar-refractivity contribution in [3.05, 3.63) is 52.5 Å². The molecule has 0 radical (unpaired) electrons. The Bertz CT molecular complexity index is 1080. The van der Waals surface area contributed by atoms with Crippen molar-refractivity contribution in [2.75, 3.05) is 26.7 Å². The minimum atomic E-state index is -0.246. The van der Waals surface area contributed by atoms with E-state index in [9.17, 15) is 4.79 Å². The van der Waals surface area contributed by atoms with Gasteiger partial charge in [0.2, 0.25) is 0 Å². The molecule has 6 heteroatoms. The van der Waals surface area contributed by atoms with Crippen LogP contribution in [0.15, 0.2) is 36.4 Å². The summed E-state index contributed by atoms with van der Waals surface area (Å²) in [6, 6.07) is 12.5. The summed E-state index contributed by atoms with van der Waals surface area (Å²) in [6.07, 6.45) is 6.58. The number of ether oxygens (including phenoxy) is 2. The predicted molar refractivity (Wildman–Crippen MR) is 129 cm³/mol. The number of benzene rings is 2. The molecular weight excluding hydrogens is 436 g/mol. The van der Waals surface area contributed by atoms with Crippen LogP contribution in [0.1, 0.15) is 49.3 Å². The van der Waals surface area contributed by atoms with Gasteiger partial charge in [-0.1, -0.05) is 35.9 Å². The number of hydrogen-bond donors (Lipinski definition) is 1. The van der Waals surface area contributed by atoms with Crippen LogP contribution in [0.2, 0.25) is 5.02 Å². The van der Waals surface area contributed by atoms with Crippen LogP contribution in [0, 0.1) is 11.3 Å². The molecule has 3 heterocycles. The van der Waals surface area contributed by atoms with E-state index < -0.39 is 0 Å². The molecule has 5 aliphatic rings. The molecule has 2 atom stereocenters. The average molecular weight is 467 g/mol. The number of alkyl carbamates (subject to hydrolysis) is 1. The fraction of sp³-hybridized carbons (Fsp3) is 0.519. The van der Waals surface area contributed by atoms with E-state index in [1.807, 2.05) is 18.2 Å². The van der Waals surface area contributed by atoms with Crippen molar-refractivity contribution in [3.8, 4) is 16.9 Å². The van der Waals surface area contributed by atoms with E-state index in [4.69, 9.17) is 21.1 Å². The first kappa shape index (κ1) is 21.3. The number of carbonyl (C=O) groups excluding carboxylic acids is 1. The number of halogens is 1. The molecule has 1 amide bonds. The van der Waals surface area contributed by atoms with E-state index in [1.165, 1.54) is 24.0 Å². The predicted octanol–water partition coefficient (Wildman–Crippen LogP) is 5.60. The Morgan fingerprint density at radius 2 is 1.85 bits per heavy atom. The Kier molecular flexibility index (Phi) is 5.30. The highest BCUT2D eigenvalue weighted by Crippen LogP contribution is 2.61. The van der Waals surface area contributed by atoms with Gasteiger partial charge in [-0.2, -0.15) is 0 Å². The van der Waals surface area contributed by atoms with Gasteiger partial charge >= 0.3 is 6.09 Å². The molecule has 1 unspecified atom stereocenters. The molecular formula is C27H31ClN2O3. The Morgan fingerprint density at radius 3 is 2.55 bits per heavy atom. The monoisotopic (exact) mass is 466 g/mol. The van der Waals surface area contributed by atoms with Gasteiger partial charge < -0.3 is 14.8 Å². The number of nitrogens with one attached hydrogen (secondary N) is 1. The van der Waals surface area contributed by atoms with E-state index in [0.717, 1.165) is 56.4 Å². The summed E-state index contributed by atoms with van der Waals surface area (Å²) in [4.78, 5) is 15.4. The second kappa shape index (κ2) is 8.21. The molecule has 174 valence electrons. The number of nitrogens with zero attached hydrogens (tertiary/aromatic N) is 1. The SMILES string of the molecule is COc1cc(-c2ccc3c(c2)CCC2(CC2)C3NC(=O)O[C@H]2CN3CCC2CC3)ccc1Cl. The molecule has 7 rings (SSSR count). The van der Waals surface area contributed by atoms with Crippen LogP contribution in [0.4, 0.5) is 4.79 Å². The number of rotatable bonds is 4. The van der Waals surface area contributed by atoms with Crippen molar-refractivity contribution < 1.29 is 14.3 Å². The minimum Gasteiger partial charge on any atom is -0.495 e. The summed E-state index contributed by atoms with van der Waals surface area (Å²) >= 11 is 6.22. The van der Waals surface area contributed by atoms with Gasteiger partial charge in [0, 0.05) is 6.54 Å². The maximum Gasteiger partial charge on any atom is 0.407 e. The van der Waals surface area contributed by atoms with Crippen LogP contribution >= 0.6 is 11.6 Å². The molecule has 4 fully saturated rings. The van der Waals surface area contributed by atoms with Crippen molar-refractivity contribution in [3.63, 3.8) is 0 Å². The lowest BCUT2D eigenvalue weighted by Crippen LogP contribution is -2.53. The lowest BCUT2D eigenvalue weighted by molar-refractivity contribution is -0.0347. The van der Waals surface area contributed by atoms with Crippen LogP contribution in [0.3, 0.4) is 0 Å². The van der Waals surface area contributed by atoms with Gasteiger partial charge in [-0.3, -0.25) is 4.90 Å². The molecule has 0 aromatic heterocycles. The average Bonchev–Trinajstić information content (AvgIpc) is 3.62. The standard InChI is InChI=1S/C27H31ClN2O3/c1-32-23-15-19(3-5-22(23)28)18-2-4-21-20(14-18)6-9-27(10-11-27)25(21)29-26(31)33-24-16-30-12-7-17(24)8-13-30/h2-5,14-15,17,24-25H,6-13,16H2,1H3,(H,29,31)/t24-,25?/m0/s1. The Morgan fingerprint density at radius 1 is 1.09 bits per heavy atom. The zero-order chi connectivity index (χ0) is 22.6. The normalized spacial score (nSPS) is 28.8. The molecule has 5 nitrogen and oxygen atoms in total. The first-order valence-electron chi connectivity index (χ1n) is 12.2. The quantitative estimate of drug-likeness (QED) is 0.636. The maximum atomic E-state index is 13.0. The van der Waals surface area contributed by atoms with Crippen molar-refractivity contribution in [2.45, 2.75) is 50.7 Å². The van der Waals surface area contributed by atoms with Crippen molar-refractivity contribution in [1.29, 1.82) is 0 Å². The smallest absolute Gasteiger partial charge is 0.407 e. The Balaban J connectivity index is 1.23. The molecule has 3 saturated heterocycles. The van der Waals surface area contributed by atoms with E-state index in [0.29, 0.717) is 16.7 Å². The molecule has 33 heavy (non-hydrogen) atoms. The zero-order valence-corrected chi connectivity index (χ0v) is 19.9. The van der Waals surface area contributed by atoms with E-state index in [1.54, 1.807) is 7.11 Å². The summed E-state index contributed by atoms with van der Waals surface area (Å²) in [5.74, 6) is 1.20. The topological polar surface area (TPSA) is 50.8 Å². The van der Waals surface area contributed by atoms with Gasteiger partial charge in [0.25, 0.3) is 0 Å². The summed E-state index contributed by atoms with van der Waals surface area (Å²) in [5, 5.41) is 3.91. The second-order valence-corrected chi connectivity index (χ2v) is 10.7. The molecule has 2 bridgehead atoms. The maximum absolute atomic E-state index is 13.0. The minimum absolute atomic E-state index is 0.0311. The van der Waals surface area contributed by atoms with Crippen molar-refractivity contribution in [1.82, 2.24) is 10.2 Å². The van der Waals surface area contributed by atoms with Crippen LogP contribution in [-0.4, -0.2) is 43.8 Å². The van der Waals surface area contributed by atoms with E-state index in [2.05, 4.69) is 28.4 Å². The van der Waals surface area contributed by atoms with Crippen LogP contribution < -0.4 is 10.1 Å². The van der Waals surface area contributed by atoms with Gasteiger partial charge in [0.1, 0.15) is 11.9 Å². The van der Waals surface area contributed by atoms with Crippen LogP contribution in [0.5, 0.6) is 5.75 Å². The van der Waals surface area contributed by atoms with Gasteiger partial charge in [-0.15, -0.1) is 0 Å². The van der Waals surface area contributed by atoms with Crippen molar-refractivity contribution in [2.24, 2.45) is 11.3 Å². The molecule has 2 aromatic carbocycles. The number of methoxy groups -OCH3 is 1. The van der Waals surface area contributed by atoms with Crippen LogP contribution in [0.25, 0.3) is 11.1 Å². The zero-order valence-electron chi connectivity index (χ0n) is 19.1. The number of aryl methyl sites for hydroxylation is 1. The highest BCUT2D eigenvalue weighted by Gasteiger charge is 2.53. The first-order valence-corrected chi connectivity index (χ1v) is 12.6. The summed E-state index contributed by atoms with van der Waals surface area (Å²) in [6.45, 7) is 3.18. The van der Waals surface area contributed by atoms with Gasteiger partial charge in [-0.05, 0) is 97.3 Å². The number of fused-ring (bicyclic) bond motifs is 4. The number of amides is 1. The third-order valence-corrected chi connectivity index (χ3v) is 8.76. The summed E-state index contributed by atoms with van der Waals surface area (Å²) in [7, 11) is 1.64. The number of hydrogen-bond acceptors (Lipinski definition) is 4. The lowest BCUT2D eigenvalue weighted by atomic mass is 9.76. The molecule has 1 spiro atoms. The number of piperidine rings is 3. The molecule has 3 aliphatic heterocycles. The van der Waals surface area contributed by atoms with E-state index >= 15 is 0 Å². The Labute approximate surface area is 200 Å². The third-order valence-electron chi connectivity index (χ3n) is 8.45. The van der Waals surface area contributed by atoms with Gasteiger partial charge in [0.15, 0.2) is 0 Å². The van der Waals surface area contributed by atoms with Gasteiger partial charge in [-0.25, -0.2) is 4.79 Å². The highest BCUT2D eigenvalue weighted by molar-refractivity contribution is 6.32.